The second kappa shape index (κ2) is 5.78. The number of benzene rings is 1. The molecule has 2 aliphatic heterocycles. The van der Waals surface area contributed by atoms with Gasteiger partial charge in [0.2, 0.25) is 0 Å². The van der Waals surface area contributed by atoms with Crippen LogP contribution >= 0.6 is 0 Å². The van der Waals surface area contributed by atoms with E-state index in [1.807, 2.05) is 30.3 Å². The van der Waals surface area contributed by atoms with Crippen molar-refractivity contribution in [1.29, 1.82) is 0 Å². The standard InChI is InChI=1S/C16H16O4/c1-3-11-9-14(17-2)19-13-10-18-16(20-15(11)13)12-7-5-4-6-8-12/h1,4-9,13-16H,10H2,2H3/t13-,14+,15+,16?/m1/s1. The van der Waals surface area contributed by atoms with E-state index < -0.39 is 12.6 Å². The van der Waals surface area contributed by atoms with E-state index in [9.17, 15) is 0 Å². The molecule has 0 spiro atoms. The van der Waals surface area contributed by atoms with Crippen molar-refractivity contribution >= 4 is 0 Å². The molecule has 1 aromatic rings. The van der Waals surface area contributed by atoms with Crippen molar-refractivity contribution in [2.24, 2.45) is 0 Å². The summed E-state index contributed by atoms with van der Waals surface area (Å²) in [7, 11) is 1.58. The van der Waals surface area contributed by atoms with E-state index in [4.69, 9.17) is 25.4 Å². The fourth-order valence-electron chi connectivity index (χ4n) is 2.41. The molecule has 4 atom stereocenters. The number of fused-ring (bicyclic) bond motifs is 1. The summed E-state index contributed by atoms with van der Waals surface area (Å²) in [5, 5.41) is 0. The summed E-state index contributed by atoms with van der Waals surface area (Å²) < 4.78 is 22.6. The van der Waals surface area contributed by atoms with E-state index in [1.165, 1.54) is 0 Å². The Hall–Kier alpha value is -1.64. The van der Waals surface area contributed by atoms with Crippen LogP contribution in [0.5, 0.6) is 0 Å². The maximum absolute atomic E-state index is 5.96. The van der Waals surface area contributed by atoms with Gasteiger partial charge in [0.15, 0.2) is 12.6 Å². The van der Waals surface area contributed by atoms with Crippen LogP contribution in [0.15, 0.2) is 42.0 Å². The minimum atomic E-state index is -0.442. The number of rotatable bonds is 2. The molecule has 0 aliphatic carbocycles. The monoisotopic (exact) mass is 272 g/mol. The van der Waals surface area contributed by atoms with Gasteiger partial charge in [-0.15, -0.1) is 6.42 Å². The Kier molecular flexibility index (Phi) is 3.86. The molecule has 1 aromatic carbocycles. The van der Waals surface area contributed by atoms with Gasteiger partial charge in [-0.1, -0.05) is 36.3 Å². The van der Waals surface area contributed by atoms with Crippen LogP contribution in [0.4, 0.5) is 0 Å². The molecule has 0 aromatic heterocycles. The van der Waals surface area contributed by atoms with Gasteiger partial charge in [-0.3, -0.25) is 0 Å². The van der Waals surface area contributed by atoms with E-state index in [2.05, 4.69) is 5.92 Å². The quantitative estimate of drug-likeness (QED) is 0.772. The average molecular weight is 272 g/mol. The predicted molar refractivity (Wildman–Crippen MR) is 72.6 cm³/mol. The van der Waals surface area contributed by atoms with Crippen LogP contribution in [-0.2, 0) is 18.9 Å². The van der Waals surface area contributed by atoms with Gasteiger partial charge in [0, 0.05) is 18.2 Å². The zero-order valence-corrected chi connectivity index (χ0v) is 11.2. The molecular weight excluding hydrogens is 256 g/mol. The highest BCUT2D eigenvalue weighted by molar-refractivity contribution is 5.33. The molecule has 0 bridgehead atoms. The summed E-state index contributed by atoms with van der Waals surface area (Å²) in [4.78, 5) is 0. The first kappa shape index (κ1) is 13.3. The van der Waals surface area contributed by atoms with Crippen LogP contribution in [0.2, 0.25) is 0 Å². The highest BCUT2D eigenvalue weighted by Gasteiger charge is 2.39. The Labute approximate surface area is 118 Å². The number of ether oxygens (including phenoxy) is 4. The van der Waals surface area contributed by atoms with Crippen molar-refractivity contribution in [3.8, 4) is 12.3 Å². The van der Waals surface area contributed by atoms with Gasteiger partial charge >= 0.3 is 0 Å². The van der Waals surface area contributed by atoms with Gasteiger partial charge in [0.1, 0.15) is 12.2 Å². The topological polar surface area (TPSA) is 36.9 Å². The molecule has 0 amide bonds. The molecule has 0 radical (unpaired) electrons. The third kappa shape index (κ3) is 2.49. The number of hydrogen-bond donors (Lipinski definition) is 0. The smallest absolute Gasteiger partial charge is 0.184 e. The van der Waals surface area contributed by atoms with E-state index >= 15 is 0 Å². The van der Waals surface area contributed by atoms with E-state index in [0.29, 0.717) is 6.61 Å². The normalized spacial score (nSPS) is 32.9. The third-order valence-electron chi connectivity index (χ3n) is 3.42. The Balaban J connectivity index is 1.81. The molecule has 1 saturated heterocycles. The summed E-state index contributed by atoms with van der Waals surface area (Å²) in [6, 6.07) is 9.78. The van der Waals surface area contributed by atoms with Crippen LogP contribution in [0.25, 0.3) is 0 Å². The Bertz CT molecular complexity index is 531. The van der Waals surface area contributed by atoms with Crippen molar-refractivity contribution in [1.82, 2.24) is 0 Å². The molecule has 1 unspecified atom stereocenters. The molecule has 2 heterocycles. The van der Waals surface area contributed by atoms with Gasteiger partial charge in [0.25, 0.3) is 0 Å². The van der Waals surface area contributed by atoms with Gasteiger partial charge in [-0.05, 0) is 6.08 Å². The second-order valence-electron chi connectivity index (χ2n) is 4.68. The maximum atomic E-state index is 5.96. The summed E-state index contributed by atoms with van der Waals surface area (Å²) in [6.07, 6.45) is 5.95. The lowest BCUT2D eigenvalue weighted by atomic mass is 10.0. The molecule has 0 N–H and O–H groups in total. The van der Waals surface area contributed by atoms with Gasteiger partial charge in [0.05, 0.1) is 6.61 Å². The molecule has 4 nitrogen and oxygen atoms in total. The minimum Gasteiger partial charge on any atom is -0.352 e. The zero-order valence-electron chi connectivity index (χ0n) is 11.2. The van der Waals surface area contributed by atoms with Crippen LogP contribution < -0.4 is 0 Å². The van der Waals surface area contributed by atoms with Gasteiger partial charge in [-0.25, -0.2) is 0 Å². The SMILES string of the molecule is C#CC1=C[C@@H](OC)O[C@@H]2COC(c3ccccc3)O[C@@H]12. The van der Waals surface area contributed by atoms with Gasteiger partial charge < -0.3 is 18.9 Å². The summed E-state index contributed by atoms with van der Waals surface area (Å²) >= 11 is 0. The molecule has 0 saturated carbocycles. The zero-order chi connectivity index (χ0) is 13.9. The highest BCUT2D eigenvalue weighted by Crippen LogP contribution is 2.33. The first-order chi connectivity index (χ1) is 9.81. The maximum Gasteiger partial charge on any atom is 0.184 e. The van der Waals surface area contributed by atoms with Crippen molar-refractivity contribution < 1.29 is 18.9 Å². The number of hydrogen-bond acceptors (Lipinski definition) is 4. The highest BCUT2D eigenvalue weighted by atomic mass is 16.7. The number of methoxy groups -OCH3 is 1. The average Bonchev–Trinajstić information content (AvgIpc) is 2.54. The van der Waals surface area contributed by atoms with E-state index in [-0.39, 0.29) is 12.2 Å². The van der Waals surface area contributed by atoms with Crippen LogP contribution in [0, 0.1) is 12.3 Å². The van der Waals surface area contributed by atoms with Crippen molar-refractivity contribution in [3.05, 3.63) is 47.5 Å². The van der Waals surface area contributed by atoms with Crippen LogP contribution in [0.3, 0.4) is 0 Å². The summed E-state index contributed by atoms with van der Waals surface area (Å²) in [5.41, 5.74) is 1.72. The van der Waals surface area contributed by atoms with Gasteiger partial charge in [-0.2, -0.15) is 0 Å². The summed E-state index contributed by atoms with van der Waals surface area (Å²) in [5.74, 6) is 2.66. The Morgan fingerprint density at radius 1 is 1.25 bits per heavy atom. The lowest BCUT2D eigenvalue weighted by molar-refractivity contribution is -0.282. The molecule has 20 heavy (non-hydrogen) atoms. The molecule has 4 heteroatoms. The van der Waals surface area contributed by atoms with Crippen LogP contribution in [0.1, 0.15) is 11.9 Å². The fraction of sp³-hybridized carbons (Fsp3) is 0.375. The molecular formula is C16H16O4. The Morgan fingerprint density at radius 2 is 2.05 bits per heavy atom. The molecule has 3 rings (SSSR count). The van der Waals surface area contributed by atoms with E-state index in [1.54, 1.807) is 13.2 Å². The van der Waals surface area contributed by atoms with Crippen LogP contribution in [-0.4, -0.2) is 32.2 Å². The van der Waals surface area contributed by atoms with Crippen molar-refractivity contribution in [3.63, 3.8) is 0 Å². The molecule has 1 fully saturated rings. The predicted octanol–water partition coefficient (Wildman–Crippen LogP) is 2.03. The summed E-state index contributed by atoms with van der Waals surface area (Å²) in [6.45, 7) is 0.420. The van der Waals surface area contributed by atoms with Crippen molar-refractivity contribution in [2.45, 2.75) is 24.8 Å². The third-order valence-corrected chi connectivity index (χ3v) is 3.42. The van der Waals surface area contributed by atoms with E-state index in [0.717, 1.165) is 11.1 Å². The minimum absolute atomic E-state index is 0.240. The fourth-order valence-corrected chi connectivity index (χ4v) is 2.41. The number of terminal acetylenes is 1. The molecule has 104 valence electrons. The Morgan fingerprint density at radius 3 is 2.75 bits per heavy atom. The second-order valence-corrected chi connectivity index (χ2v) is 4.68. The largest absolute Gasteiger partial charge is 0.352 e. The lowest BCUT2D eigenvalue weighted by Crippen LogP contribution is -2.47. The van der Waals surface area contributed by atoms with Crippen molar-refractivity contribution in [2.75, 3.05) is 13.7 Å². The first-order valence-corrected chi connectivity index (χ1v) is 6.50. The molecule has 2 aliphatic rings. The lowest BCUT2D eigenvalue weighted by Gasteiger charge is -2.40. The first-order valence-electron chi connectivity index (χ1n) is 6.50.